The van der Waals surface area contributed by atoms with Crippen LogP contribution in [0.5, 0.6) is 0 Å². The van der Waals surface area contributed by atoms with Gasteiger partial charge in [0, 0.05) is 8.95 Å². The number of hydrogen-bond donors (Lipinski definition) is 1. The molecule has 0 aromatic heterocycles. The Morgan fingerprint density at radius 1 is 1.14 bits per heavy atom. The Bertz CT molecular complexity index is 639. The van der Waals surface area contributed by atoms with E-state index < -0.39 is 6.10 Å². The molecule has 0 saturated carbocycles. The highest BCUT2D eigenvalue weighted by Gasteiger charge is 2.23. The van der Waals surface area contributed by atoms with Crippen molar-refractivity contribution < 1.29 is 5.11 Å². The van der Waals surface area contributed by atoms with Gasteiger partial charge in [-0.15, -0.1) is 0 Å². The largest absolute Gasteiger partial charge is 0.388 e. The summed E-state index contributed by atoms with van der Waals surface area (Å²) < 4.78 is 1.99. The van der Waals surface area contributed by atoms with Gasteiger partial charge in [0.25, 0.3) is 0 Å². The van der Waals surface area contributed by atoms with Crippen molar-refractivity contribution in [3.05, 3.63) is 68.1 Å². The third kappa shape index (κ3) is 3.41. The van der Waals surface area contributed by atoms with Crippen LogP contribution < -0.4 is 0 Å². The van der Waals surface area contributed by atoms with Gasteiger partial charge in [0.2, 0.25) is 0 Å². The molecule has 3 rings (SSSR count). The molecule has 0 spiro atoms. The number of aliphatic hydroxyl groups is 1. The quantitative estimate of drug-likeness (QED) is 0.683. The molecule has 1 N–H and O–H groups in total. The van der Waals surface area contributed by atoms with E-state index in [1.807, 2.05) is 18.2 Å². The summed E-state index contributed by atoms with van der Waals surface area (Å²) in [7, 11) is 0. The summed E-state index contributed by atoms with van der Waals surface area (Å²) in [5.74, 6) is 0.459. The van der Waals surface area contributed by atoms with E-state index >= 15 is 0 Å². The smallest absolute Gasteiger partial charge is 0.0806 e. The number of fused-ring (bicyclic) bond motifs is 1. The Kier molecular flexibility index (Phi) is 4.82. The maximum atomic E-state index is 10.6. The van der Waals surface area contributed by atoms with Crippen molar-refractivity contribution in [3.8, 4) is 0 Å². The summed E-state index contributed by atoms with van der Waals surface area (Å²) >= 11 is 7.01. The first-order valence-electron chi connectivity index (χ1n) is 7.36. The van der Waals surface area contributed by atoms with E-state index in [0.29, 0.717) is 5.92 Å². The lowest BCUT2D eigenvalue weighted by Crippen LogP contribution is -2.13. The van der Waals surface area contributed by atoms with Crippen molar-refractivity contribution >= 4 is 31.9 Å². The predicted octanol–water partition coefficient (Wildman–Crippen LogP) is 5.76. The van der Waals surface area contributed by atoms with Gasteiger partial charge in [-0.2, -0.15) is 0 Å². The Hall–Kier alpha value is -0.640. The van der Waals surface area contributed by atoms with Crippen molar-refractivity contribution in [2.45, 2.75) is 37.7 Å². The predicted molar refractivity (Wildman–Crippen MR) is 93.5 cm³/mol. The monoisotopic (exact) mass is 408 g/mol. The summed E-state index contributed by atoms with van der Waals surface area (Å²) in [6.45, 7) is 0. The topological polar surface area (TPSA) is 20.2 Å². The first kappa shape index (κ1) is 15.3. The molecule has 2 aromatic carbocycles. The minimum Gasteiger partial charge on any atom is -0.388 e. The number of aryl methyl sites for hydroxylation is 1. The summed E-state index contributed by atoms with van der Waals surface area (Å²) in [5.41, 5.74) is 3.85. The number of aliphatic hydroxyl groups excluding tert-OH is 1. The number of halogens is 2. The summed E-state index contributed by atoms with van der Waals surface area (Å²) in [6.07, 6.45) is 3.92. The highest BCUT2D eigenvalue weighted by molar-refractivity contribution is 9.11. The second-order valence-corrected chi connectivity index (χ2v) is 7.48. The molecule has 0 radical (unpaired) electrons. The van der Waals surface area contributed by atoms with Crippen molar-refractivity contribution in [2.24, 2.45) is 0 Å². The Morgan fingerprint density at radius 3 is 2.76 bits per heavy atom. The van der Waals surface area contributed by atoms with Gasteiger partial charge >= 0.3 is 0 Å². The van der Waals surface area contributed by atoms with E-state index in [-0.39, 0.29) is 0 Å². The lowest BCUT2D eigenvalue weighted by Gasteiger charge is -2.27. The SMILES string of the molecule is OC(CC1CCCc2ccccc21)c1ccc(Br)cc1Br. The zero-order valence-electron chi connectivity index (χ0n) is 11.7. The number of hydrogen-bond acceptors (Lipinski definition) is 1. The Labute approximate surface area is 142 Å². The zero-order chi connectivity index (χ0) is 14.8. The van der Waals surface area contributed by atoms with Crippen LogP contribution in [0.4, 0.5) is 0 Å². The molecule has 110 valence electrons. The second kappa shape index (κ2) is 6.64. The molecule has 0 aliphatic heterocycles. The fraction of sp³-hybridized carbons (Fsp3) is 0.333. The van der Waals surface area contributed by atoms with Crippen LogP contribution in [-0.4, -0.2) is 5.11 Å². The van der Waals surface area contributed by atoms with Crippen molar-refractivity contribution in [1.29, 1.82) is 0 Å². The molecule has 3 heteroatoms. The molecule has 2 atom stereocenters. The minimum atomic E-state index is -0.427. The van der Waals surface area contributed by atoms with Gasteiger partial charge in [-0.25, -0.2) is 0 Å². The van der Waals surface area contributed by atoms with Crippen LogP contribution in [0.15, 0.2) is 51.4 Å². The van der Waals surface area contributed by atoms with E-state index in [4.69, 9.17) is 0 Å². The van der Waals surface area contributed by atoms with Crippen LogP contribution in [0.1, 0.15) is 48.0 Å². The molecule has 2 aromatic rings. The lowest BCUT2D eigenvalue weighted by molar-refractivity contribution is 0.153. The van der Waals surface area contributed by atoms with E-state index in [1.165, 1.54) is 30.4 Å². The zero-order valence-corrected chi connectivity index (χ0v) is 14.9. The van der Waals surface area contributed by atoms with E-state index in [1.54, 1.807) is 0 Å². The van der Waals surface area contributed by atoms with Gasteiger partial charge < -0.3 is 5.11 Å². The molecule has 0 heterocycles. The standard InChI is InChI=1S/C18H18Br2O/c19-14-8-9-16(17(20)11-14)18(21)10-13-6-3-5-12-4-1-2-7-15(12)13/h1-2,4,7-9,11,13,18,21H,3,5-6,10H2. The van der Waals surface area contributed by atoms with Gasteiger partial charge in [0.1, 0.15) is 0 Å². The summed E-state index contributed by atoms with van der Waals surface area (Å²) in [5, 5.41) is 10.6. The van der Waals surface area contributed by atoms with E-state index in [2.05, 4.69) is 56.1 Å². The molecule has 1 aliphatic rings. The minimum absolute atomic E-state index is 0.427. The molecule has 0 saturated heterocycles. The summed E-state index contributed by atoms with van der Waals surface area (Å²) in [4.78, 5) is 0. The van der Waals surface area contributed by atoms with Crippen molar-refractivity contribution in [2.75, 3.05) is 0 Å². The molecular formula is C18H18Br2O. The average Bonchev–Trinajstić information content (AvgIpc) is 2.47. The highest BCUT2D eigenvalue weighted by atomic mass is 79.9. The fourth-order valence-electron chi connectivity index (χ4n) is 3.27. The van der Waals surface area contributed by atoms with Crippen LogP contribution in [0.3, 0.4) is 0 Å². The molecule has 0 bridgehead atoms. The van der Waals surface area contributed by atoms with Crippen LogP contribution >= 0.6 is 31.9 Å². The molecule has 1 aliphatic carbocycles. The molecule has 1 nitrogen and oxygen atoms in total. The van der Waals surface area contributed by atoms with E-state index in [9.17, 15) is 5.11 Å². The van der Waals surface area contributed by atoms with Gasteiger partial charge in [-0.05, 0) is 60.4 Å². The fourth-order valence-corrected chi connectivity index (χ4v) is 4.58. The maximum Gasteiger partial charge on any atom is 0.0806 e. The highest BCUT2D eigenvalue weighted by Crippen LogP contribution is 2.39. The van der Waals surface area contributed by atoms with Gasteiger partial charge in [0.15, 0.2) is 0 Å². The third-order valence-corrected chi connectivity index (χ3v) is 5.50. The first-order valence-corrected chi connectivity index (χ1v) is 8.94. The Balaban J connectivity index is 1.81. The number of benzene rings is 2. The number of rotatable bonds is 3. The van der Waals surface area contributed by atoms with Crippen LogP contribution in [0.25, 0.3) is 0 Å². The van der Waals surface area contributed by atoms with Gasteiger partial charge in [-0.3, -0.25) is 0 Å². The summed E-state index contributed by atoms with van der Waals surface area (Å²) in [6, 6.07) is 14.6. The van der Waals surface area contributed by atoms with E-state index in [0.717, 1.165) is 20.9 Å². The lowest BCUT2D eigenvalue weighted by atomic mass is 9.79. The van der Waals surface area contributed by atoms with Crippen LogP contribution in [0.2, 0.25) is 0 Å². The van der Waals surface area contributed by atoms with Crippen LogP contribution in [0, 0.1) is 0 Å². The Morgan fingerprint density at radius 2 is 1.95 bits per heavy atom. The third-order valence-electron chi connectivity index (χ3n) is 4.32. The molecule has 0 fully saturated rings. The van der Waals surface area contributed by atoms with Gasteiger partial charge in [-0.1, -0.05) is 62.2 Å². The van der Waals surface area contributed by atoms with Gasteiger partial charge in [0.05, 0.1) is 6.10 Å². The van der Waals surface area contributed by atoms with Crippen molar-refractivity contribution in [3.63, 3.8) is 0 Å². The molecule has 21 heavy (non-hydrogen) atoms. The molecular weight excluding hydrogens is 392 g/mol. The molecule has 0 amide bonds. The average molecular weight is 410 g/mol. The van der Waals surface area contributed by atoms with Crippen LogP contribution in [-0.2, 0) is 6.42 Å². The normalized spacial score (nSPS) is 19.1. The van der Waals surface area contributed by atoms with Crippen molar-refractivity contribution in [1.82, 2.24) is 0 Å². The second-order valence-electron chi connectivity index (χ2n) is 5.71. The maximum absolute atomic E-state index is 10.6. The molecule has 2 unspecified atom stereocenters. The first-order chi connectivity index (χ1) is 10.1.